The molecule has 5 nitrogen and oxygen atoms in total. The van der Waals surface area contributed by atoms with Crippen molar-refractivity contribution in [2.24, 2.45) is 0 Å². The first-order valence-corrected chi connectivity index (χ1v) is 6.24. The molecule has 19 heavy (non-hydrogen) atoms. The average molecular weight is 295 g/mol. The van der Waals surface area contributed by atoms with Gasteiger partial charge in [0.25, 0.3) is 0 Å². The monoisotopic (exact) mass is 294 g/mol. The van der Waals surface area contributed by atoms with Crippen LogP contribution in [-0.4, -0.2) is 22.4 Å². The molecule has 0 fully saturated rings. The van der Waals surface area contributed by atoms with Crippen LogP contribution in [0.3, 0.4) is 0 Å². The van der Waals surface area contributed by atoms with Crippen molar-refractivity contribution in [2.75, 3.05) is 16.8 Å². The number of halogens is 2. The van der Waals surface area contributed by atoms with Gasteiger partial charge in [-0.25, -0.2) is 4.98 Å². The molecular formula is C12H8Cl2N4O. The molecular weight excluding hydrogens is 287 g/mol. The van der Waals surface area contributed by atoms with Crippen LogP contribution in [0.2, 0.25) is 10.3 Å². The van der Waals surface area contributed by atoms with Crippen LogP contribution in [0.5, 0.6) is 0 Å². The summed E-state index contributed by atoms with van der Waals surface area (Å²) in [6.07, 6.45) is 1.49. The Hall–Kier alpha value is -1.85. The summed E-state index contributed by atoms with van der Waals surface area (Å²) in [5.41, 5.74) is 1.30. The van der Waals surface area contributed by atoms with E-state index in [1.807, 2.05) is 12.1 Å². The zero-order valence-corrected chi connectivity index (χ0v) is 11.1. The Kier molecular flexibility index (Phi) is 3.00. The lowest BCUT2D eigenvalue weighted by molar-refractivity contribution is -0.115. The minimum absolute atomic E-state index is 0.127. The molecule has 0 atom stereocenters. The van der Waals surface area contributed by atoms with E-state index < -0.39 is 0 Å². The van der Waals surface area contributed by atoms with E-state index in [-0.39, 0.29) is 17.7 Å². The maximum absolute atomic E-state index is 11.7. The molecule has 0 bridgehead atoms. The van der Waals surface area contributed by atoms with Gasteiger partial charge in [0.05, 0.1) is 6.20 Å². The van der Waals surface area contributed by atoms with Crippen LogP contribution in [0.4, 0.5) is 17.2 Å². The van der Waals surface area contributed by atoms with Gasteiger partial charge in [0.1, 0.15) is 12.2 Å². The molecule has 0 spiro atoms. The van der Waals surface area contributed by atoms with Crippen molar-refractivity contribution < 1.29 is 4.79 Å². The lowest BCUT2D eigenvalue weighted by Gasteiger charge is -2.29. The molecule has 1 N–H and O–H groups in total. The number of benzene rings is 1. The highest BCUT2D eigenvalue weighted by molar-refractivity contribution is 6.31. The number of amides is 1. The summed E-state index contributed by atoms with van der Waals surface area (Å²) in [5, 5.41) is 3.42. The first-order valence-electron chi connectivity index (χ1n) is 5.49. The fraction of sp³-hybridized carbons (Fsp3) is 0.0833. The van der Waals surface area contributed by atoms with Crippen molar-refractivity contribution in [3.63, 3.8) is 0 Å². The molecule has 1 aliphatic heterocycles. The summed E-state index contributed by atoms with van der Waals surface area (Å²) < 4.78 is 0. The second-order valence-electron chi connectivity index (χ2n) is 3.99. The Morgan fingerprint density at radius 2 is 2.16 bits per heavy atom. The van der Waals surface area contributed by atoms with E-state index in [9.17, 15) is 4.79 Å². The predicted molar refractivity (Wildman–Crippen MR) is 74.1 cm³/mol. The third kappa shape index (κ3) is 2.34. The Morgan fingerprint density at radius 3 is 2.95 bits per heavy atom. The first kappa shape index (κ1) is 12.2. The quantitative estimate of drug-likeness (QED) is 0.822. The van der Waals surface area contributed by atoms with E-state index in [0.29, 0.717) is 16.5 Å². The topological polar surface area (TPSA) is 58.1 Å². The molecule has 0 saturated carbocycles. The van der Waals surface area contributed by atoms with E-state index >= 15 is 0 Å². The van der Waals surface area contributed by atoms with Gasteiger partial charge >= 0.3 is 0 Å². The summed E-state index contributed by atoms with van der Waals surface area (Å²) >= 11 is 11.8. The Morgan fingerprint density at radius 1 is 1.32 bits per heavy atom. The van der Waals surface area contributed by atoms with E-state index in [4.69, 9.17) is 23.2 Å². The van der Waals surface area contributed by atoms with Gasteiger partial charge in [-0.15, -0.1) is 0 Å². The molecule has 1 aromatic carbocycles. The van der Waals surface area contributed by atoms with Crippen LogP contribution in [0.1, 0.15) is 0 Å². The lowest BCUT2D eigenvalue weighted by Crippen LogP contribution is -2.35. The molecule has 0 aliphatic carbocycles. The highest BCUT2D eigenvalue weighted by atomic mass is 35.5. The molecule has 1 aromatic heterocycles. The number of hydrogen-bond donors (Lipinski definition) is 1. The maximum Gasteiger partial charge on any atom is 0.244 e. The highest BCUT2D eigenvalue weighted by Crippen LogP contribution is 2.34. The molecule has 0 unspecified atom stereocenters. The first-order chi connectivity index (χ1) is 9.13. The summed E-state index contributed by atoms with van der Waals surface area (Å²) in [6, 6.07) is 7.19. The second-order valence-corrected chi connectivity index (χ2v) is 4.77. The van der Waals surface area contributed by atoms with Crippen LogP contribution in [0, 0.1) is 0 Å². The lowest BCUT2D eigenvalue weighted by atomic mass is 10.2. The van der Waals surface area contributed by atoms with Crippen molar-refractivity contribution in [3.8, 4) is 0 Å². The normalized spacial score (nSPS) is 14.0. The van der Waals surface area contributed by atoms with Crippen molar-refractivity contribution in [3.05, 3.63) is 40.8 Å². The Bertz CT molecular complexity index is 662. The third-order valence-corrected chi connectivity index (χ3v) is 3.11. The number of aromatic nitrogens is 2. The minimum Gasteiger partial charge on any atom is -0.320 e. The van der Waals surface area contributed by atoms with Gasteiger partial charge < -0.3 is 10.2 Å². The maximum atomic E-state index is 11.7. The van der Waals surface area contributed by atoms with Crippen molar-refractivity contribution >= 4 is 46.3 Å². The molecule has 0 radical (unpaired) electrons. The van der Waals surface area contributed by atoms with Crippen LogP contribution < -0.4 is 10.2 Å². The zero-order chi connectivity index (χ0) is 13.4. The molecule has 2 heterocycles. The molecule has 96 valence electrons. The van der Waals surface area contributed by atoms with E-state index in [1.54, 1.807) is 17.0 Å². The summed E-state index contributed by atoms with van der Waals surface area (Å²) in [7, 11) is 0. The van der Waals surface area contributed by atoms with Crippen LogP contribution in [-0.2, 0) is 4.79 Å². The molecule has 7 heteroatoms. The van der Waals surface area contributed by atoms with Crippen LogP contribution >= 0.6 is 23.2 Å². The zero-order valence-electron chi connectivity index (χ0n) is 9.60. The van der Waals surface area contributed by atoms with Crippen molar-refractivity contribution in [2.45, 2.75) is 0 Å². The summed E-state index contributed by atoms with van der Waals surface area (Å²) in [5.74, 6) is 0.417. The van der Waals surface area contributed by atoms with Crippen LogP contribution in [0.25, 0.3) is 0 Å². The second kappa shape index (κ2) is 4.68. The largest absolute Gasteiger partial charge is 0.320 e. The molecule has 2 aromatic rings. The predicted octanol–water partition coefficient (Wildman–Crippen LogP) is 2.87. The van der Waals surface area contributed by atoms with Gasteiger partial charge in [0.2, 0.25) is 11.2 Å². The van der Waals surface area contributed by atoms with E-state index in [0.717, 1.165) is 5.69 Å². The number of nitrogens with zero attached hydrogens (tertiary/aromatic N) is 3. The van der Waals surface area contributed by atoms with Gasteiger partial charge in [-0.3, -0.25) is 4.79 Å². The van der Waals surface area contributed by atoms with Gasteiger partial charge in [-0.1, -0.05) is 17.7 Å². The number of anilines is 3. The summed E-state index contributed by atoms with van der Waals surface area (Å²) in [6.45, 7) is 0.153. The number of rotatable bonds is 1. The number of hydrogen-bond acceptors (Lipinski definition) is 4. The Balaban J connectivity index is 2.12. The summed E-state index contributed by atoms with van der Waals surface area (Å²) in [4.78, 5) is 21.5. The smallest absolute Gasteiger partial charge is 0.244 e. The van der Waals surface area contributed by atoms with Gasteiger partial charge in [-0.05, 0) is 29.8 Å². The average Bonchev–Trinajstić information content (AvgIpc) is 2.38. The van der Waals surface area contributed by atoms with Gasteiger partial charge in [-0.2, -0.15) is 4.98 Å². The number of carbonyl (C=O) groups is 1. The number of carbonyl (C=O) groups excluding carboxylic acids is 1. The fourth-order valence-electron chi connectivity index (χ4n) is 1.91. The molecule has 0 saturated heterocycles. The minimum atomic E-state index is -0.140. The van der Waals surface area contributed by atoms with Gasteiger partial charge in [0.15, 0.2) is 5.82 Å². The standard InChI is InChI=1S/C12H8Cl2N4O/c13-7-2-1-3-8(4-7)18-6-10(19)16-9-5-15-12(14)17-11(9)18/h1-5H,6H2,(H,16,19). The third-order valence-electron chi connectivity index (χ3n) is 2.69. The highest BCUT2D eigenvalue weighted by Gasteiger charge is 2.25. The van der Waals surface area contributed by atoms with E-state index in [2.05, 4.69) is 15.3 Å². The fourth-order valence-corrected chi connectivity index (χ4v) is 2.23. The molecule has 3 rings (SSSR count). The molecule has 1 amide bonds. The van der Waals surface area contributed by atoms with E-state index in [1.165, 1.54) is 6.20 Å². The van der Waals surface area contributed by atoms with Crippen molar-refractivity contribution in [1.29, 1.82) is 0 Å². The molecule has 1 aliphatic rings. The number of fused-ring (bicyclic) bond motifs is 1. The van der Waals surface area contributed by atoms with Crippen LogP contribution in [0.15, 0.2) is 30.5 Å². The SMILES string of the molecule is O=C1CN(c2cccc(Cl)c2)c2nc(Cl)ncc2N1. The Labute approximate surface area is 119 Å². The number of nitrogens with one attached hydrogen (secondary N) is 1. The van der Waals surface area contributed by atoms with Crippen molar-refractivity contribution in [1.82, 2.24) is 9.97 Å². The van der Waals surface area contributed by atoms with Gasteiger partial charge in [0, 0.05) is 10.7 Å².